The Morgan fingerprint density at radius 1 is 1.57 bits per heavy atom. The zero-order valence-electron chi connectivity index (χ0n) is 7.98. The third-order valence-electron chi connectivity index (χ3n) is 1.93. The van der Waals surface area contributed by atoms with Crippen LogP contribution in [0.4, 0.5) is 0 Å². The lowest BCUT2D eigenvalue weighted by molar-refractivity contribution is 0.112. The highest BCUT2D eigenvalue weighted by Gasteiger charge is 2.11. The predicted octanol–water partition coefficient (Wildman–Crippen LogP) is 0.931. The molecule has 0 aliphatic heterocycles. The van der Waals surface area contributed by atoms with Crippen molar-refractivity contribution in [3.05, 3.63) is 23.5 Å². The molecule has 72 valence electrons. The van der Waals surface area contributed by atoms with Crippen molar-refractivity contribution >= 4 is 6.29 Å². The molecule has 5 heteroatoms. The highest BCUT2D eigenvalue weighted by molar-refractivity contribution is 5.84. The van der Waals surface area contributed by atoms with E-state index in [2.05, 4.69) is 15.3 Å². The number of nitrogens with zero attached hydrogens (tertiary/aromatic N) is 3. The number of carbonyl (C=O) groups excluding carboxylic acids is 1. The normalized spacial score (nSPS) is 10.4. The monoisotopic (exact) mass is 190 g/mol. The summed E-state index contributed by atoms with van der Waals surface area (Å²) in [6.07, 6.45) is 2.46. The molecule has 0 spiro atoms. The maximum Gasteiger partial charge on any atom is 0.153 e. The van der Waals surface area contributed by atoms with Gasteiger partial charge < -0.3 is 0 Å². The number of aldehydes is 1. The molecule has 0 saturated heterocycles. The number of aromatic amines is 1. The molecule has 0 aliphatic rings. The number of rotatable bonds is 2. The van der Waals surface area contributed by atoms with Gasteiger partial charge in [0.2, 0.25) is 0 Å². The van der Waals surface area contributed by atoms with Gasteiger partial charge >= 0.3 is 0 Å². The molecule has 5 nitrogen and oxygen atoms in total. The van der Waals surface area contributed by atoms with Crippen LogP contribution in [0.2, 0.25) is 0 Å². The summed E-state index contributed by atoms with van der Waals surface area (Å²) in [7, 11) is 1.77. The summed E-state index contributed by atoms with van der Waals surface area (Å²) in [6, 6.07) is 1.86. The standard InChI is InChI=1S/C9H10N4O/c1-6-3-8(11-10-6)9-7(5-14)4-13(2)12-9/h3-5H,1-2H3,(H,10,11). The second-order valence-corrected chi connectivity index (χ2v) is 3.16. The van der Waals surface area contributed by atoms with E-state index in [1.807, 2.05) is 13.0 Å². The molecular formula is C9H10N4O. The van der Waals surface area contributed by atoms with Gasteiger partial charge in [-0.3, -0.25) is 14.6 Å². The molecule has 2 heterocycles. The lowest BCUT2D eigenvalue weighted by Gasteiger charge is -1.88. The maximum absolute atomic E-state index is 10.7. The van der Waals surface area contributed by atoms with E-state index >= 15 is 0 Å². The molecule has 0 amide bonds. The van der Waals surface area contributed by atoms with Gasteiger partial charge in [-0.2, -0.15) is 10.2 Å². The van der Waals surface area contributed by atoms with Crippen molar-refractivity contribution in [2.75, 3.05) is 0 Å². The first-order valence-corrected chi connectivity index (χ1v) is 4.22. The van der Waals surface area contributed by atoms with Crippen LogP contribution in [0.3, 0.4) is 0 Å². The van der Waals surface area contributed by atoms with Crippen LogP contribution in [-0.2, 0) is 7.05 Å². The number of hydrogen-bond donors (Lipinski definition) is 1. The molecule has 2 aromatic heterocycles. The summed E-state index contributed by atoms with van der Waals surface area (Å²) in [5.41, 5.74) is 2.82. The molecule has 0 bridgehead atoms. The minimum Gasteiger partial charge on any atom is -0.298 e. The third-order valence-corrected chi connectivity index (χ3v) is 1.93. The molecule has 0 atom stereocenters. The minimum atomic E-state index is 0.555. The predicted molar refractivity (Wildman–Crippen MR) is 50.9 cm³/mol. The summed E-state index contributed by atoms with van der Waals surface area (Å²) in [5.74, 6) is 0. The molecule has 14 heavy (non-hydrogen) atoms. The number of hydrogen-bond acceptors (Lipinski definition) is 3. The summed E-state index contributed by atoms with van der Waals surface area (Å²) in [5, 5.41) is 11.0. The molecule has 0 radical (unpaired) electrons. The molecule has 0 aliphatic carbocycles. The third kappa shape index (κ3) is 1.32. The Bertz CT molecular complexity index is 469. The molecule has 1 N–H and O–H groups in total. The largest absolute Gasteiger partial charge is 0.298 e. The van der Waals surface area contributed by atoms with E-state index in [-0.39, 0.29) is 0 Å². The van der Waals surface area contributed by atoms with E-state index in [1.54, 1.807) is 17.9 Å². The molecule has 0 fully saturated rings. The number of carbonyl (C=O) groups is 1. The van der Waals surface area contributed by atoms with Crippen molar-refractivity contribution in [2.45, 2.75) is 6.92 Å². The molecule has 2 rings (SSSR count). The molecule has 0 saturated carbocycles. The Morgan fingerprint density at radius 2 is 2.36 bits per heavy atom. The minimum absolute atomic E-state index is 0.555. The van der Waals surface area contributed by atoms with Crippen LogP contribution in [0.15, 0.2) is 12.3 Å². The quantitative estimate of drug-likeness (QED) is 0.716. The summed E-state index contributed by atoms with van der Waals surface area (Å²) in [6.45, 7) is 1.90. The van der Waals surface area contributed by atoms with Crippen LogP contribution in [-0.4, -0.2) is 26.3 Å². The average molecular weight is 190 g/mol. The number of H-pyrrole nitrogens is 1. The topological polar surface area (TPSA) is 63.6 Å². The number of aromatic nitrogens is 4. The van der Waals surface area contributed by atoms with E-state index in [9.17, 15) is 4.79 Å². The van der Waals surface area contributed by atoms with Crippen molar-refractivity contribution in [3.8, 4) is 11.4 Å². The highest BCUT2D eigenvalue weighted by Crippen LogP contribution is 2.18. The van der Waals surface area contributed by atoms with Gasteiger partial charge in [-0.15, -0.1) is 0 Å². The number of nitrogens with one attached hydrogen (secondary N) is 1. The fourth-order valence-corrected chi connectivity index (χ4v) is 1.33. The highest BCUT2D eigenvalue weighted by atomic mass is 16.1. The van der Waals surface area contributed by atoms with Crippen molar-refractivity contribution in [1.82, 2.24) is 20.0 Å². The van der Waals surface area contributed by atoms with Gasteiger partial charge in [-0.1, -0.05) is 0 Å². The Hall–Kier alpha value is -1.91. The fourth-order valence-electron chi connectivity index (χ4n) is 1.33. The summed E-state index contributed by atoms with van der Waals surface area (Å²) >= 11 is 0. The van der Waals surface area contributed by atoms with Crippen molar-refractivity contribution in [3.63, 3.8) is 0 Å². The smallest absolute Gasteiger partial charge is 0.153 e. The molecule has 0 aromatic carbocycles. The Morgan fingerprint density at radius 3 is 2.93 bits per heavy atom. The average Bonchev–Trinajstić information content (AvgIpc) is 2.71. The van der Waals surface area contributed by atoms with Crippen molar-refractivity contribution in [1.29, 1.82) is 0 Å². The van der Waals surface area contributed by atoms with Gasteiger partial charge in [0.05, 0.1) is 5.56 Å². The first-order chi connectivity index (χ1) is 6.70. The van der Waals surface area contributed by atoms with Crippen molar-refractivity contribution < 1.29 is 4.79 Å². The van der Waals surface area contributed by atoms with Crippen LogP contribution in [0.1, 0.15) is 16.1 Å². The van der Waals surface area contributed by atoms with Crippen LogP contribution < -0.4 is 0 Å². The molecular weight excluding hydrogens is 180 g/mol. The Labute approximate surface area is 80.7 Å². The van der Waals surface area contributed by atoms with Crippen LogP contribution in [0.25, 0.3) is 11.4 Å². The summed E-state index contributed by atoms with van der Waals surface area (Å²) < 4.78 is 1.60. The van der Waals surface area contributed by atoms with Gasteiger partial charge in [0, 0.05) is 18.9 Å². The fraction of sp³-hybridized carbons (Fsp3) is 0.222. The van der Waals surface area contributed by atoms with E-state index < -0.39 is 0 Å². The maximum atomic E-state index is 10.7. The van der Waals surface area contributed by atoms with Gasteiger partial charge in [0.25, 0.3) is 0 Å². The van der Waals surface area contributed by atoms with Gasteiger partial charge in [0.1, 0.15) is 11.4 Å². The van der Waals surface area contributed by atoms with Gasteiger partial charge in [-0.25, -0.2) is 0 Å². The second kappa shape index (κ2) is 3.10. The zero-order chi connectivity index (χ0) is 10.1. The lowest BCUT2D eigenvalue weighted by atomic mass is 10.2. The van der Waals surface area contributed by atoms with Crippen LogP contribution >= 0.6 is 0 Å². The Kier molecular flexibility index (Phi) is 1.92. The van der Waals surface area contributed by atoms with E-state index in [4.69, 9.17) is 0 Å². The number of aryl methyl sites for hydroxylation is 2. The SMILES string of the molecule is Cc1cc(-c2nn(C)cc2C=O)n[nH]1. The van der Waals surface area contributed by atoms with Gasteiger partial charge in [0.15, 0.2) is 6.29 Å². The first-order valence-electron chi connectivity index (χ1n) is 4.22. The van der Waals surface area contributed by atoms with Gasteiger partial charge in [-0.05, 0) is 13.0 Å². The van der Waals surface area contributed by atoms with Crippen LogP contribution in [0, 0.1) is 6.92 Å². The van der Waals surface area contributed by atoms with E-state index in [0.717, 1.165) is 12.0 Å². The van der Waals surface area contributed by atoms with Crippen molar-refractivity contribution in [2.24, 2.45) is 7.05 Å². The first kappa shape index (κ1) is 8.68. The van der Waals surface area contributed by atoms with E-state index in [0.29, 0.717) is 17.0 Å². The van der Waals surface area contributed by atoms with Crippen LogP contribution in [0.5, 0.6) is 0 Å². The summed E-state index contributed by atoms with van der Waals surface area (Å²) in [4.78, 5) is 10.7. The molecule has 2 aromatic rings. The van der Waals surface area contributed by atoms with E-state index in [1.165, 1.54) is 0 Å². The molecule has 0 unspecified atom stereocenters. The zero-order valence-corrected chi connectivity index (χ0v) is 7.98. The lowest BCUT2D eigenvalue weighted by Crippen LogP contribution is -1.88. The second-order valence-electron chi connectivity index (χ2n) is 3.16. The Balaban J connectivity index is 2.55.